The summed E-state index contributed by atoms with van der Waals surface area (Å²) in [6, 6.07) is 9.93. The fraction of sp³-hybridized carbons (Fsp3) is 0.200. The van der Waals surface area contributed by atoms with Crippen molar-refractivity contribution in [1.82, 2.24) is 0 Å². The van der Waals surface area contributed by atoms with Crippen molar-refractivity contribution in [3.8, 4) is 0 Å². The van der Waals surface area contributed by atoms with E-state index in [1.54, 1.807) is 0 Å². The molecule has 0 saturated carbocycles. The van der Waals surface area contributed by atoms with Gasteiger partial charge >= 0.3 is 0 Å². The summed E-state index contributed by atoms with van der Waals surface area (Å²) in [5.41, 5.74) is 3.34. The van der Waals surface area contributed by atoms with Crippen LogP contribution in [0.3, 0.4) is 0 Å². The summed E-state index contributed by atoms with van der Waals surface area (Å²) in [4.78, 5) is 0. The van der Waals surface area contributed by atoms with E-state index in [-0.39, 0.29) is 6.04 Å². The summed E-state index contributed by atoms with van der Waals surface area (Å²) in [7, 11) is 0. The summed E-state index contributed by atoms with van der Waals surface area (Å²) in [6.45, 7) is 0. The number of hydrogen-bond donors (Lipinski definition) is 1. The molecule has 0 saturated heterocycles. The quantitative estimate of drug-likeness (QED) is 0.615. The molecule has 0 bridgehead atoms. The Morgan fingerprint density at radius 3 is 2.45 bits per heavy atom. The van der Waals surface area contributed by atoms with Gasteiger partial charge in [0.15, 0.2) is 0 Å². The van der Waals surface area contributed by atoms with Crippen LogP contribution in [0.25, 0.3) is 0 Å². The molecule has 0 aromatic heterocycles. The first-order chi connectivity index (χ1) is 9.54. The highest BCUT2D eigenvalue weighted by molar-refractivity contribution is 9.10. The minimum Gasteiger partial charge on any atom is -0.376 e. The zero-order chi connectivity index (χ0) is 14.3. The number of rotatable bonds is 2. The van der Waals surface area contributed by atoms with E-state index >= 15 is 0 Å². The predicted octanol–water partition coefficient (Wildman–Crippen LogP) is 6.51. The Labute approximate surface area is 141 Å². The number of hydrogen-bond acceptors (Lipinski definition) is 1. The molecule has 0 amide bonds. The second-order valence-electron chi connectivity index (χ2n) is 4.82. The molecule has 0 fully saturated rings. The van der Waals surface area contributed by atoms with Gasteiger partial charge in [-0.2, -0.15) is 0 Å². The van der Waals surface area contributed by atoms with Crippen LogP contribution >= 0.6 is 50.7 Å². The number of halogens is 4. The van der Waals surface area contributed by atoms with Crippen LogP contribution in [-0.4, -0.2) is 0 Å². The van der Waals surface area contributed by atoms with E-state index in [0.29, 0.717) is 10.0 Å². The Kier molecular flexibility index (Phi) is 4.19. The van der Waals surface area contributed by atoms with E-state index < -0.39 is 0 Å². The van der Waals surface area contributed by atoms with E-state index in [1.807, 2.05) is 24.3 Å². The molecule has 2 aromatic carbocycles. The van der Waals surface area contributed by atoms with Crippen molar-refractivity contribution in [1.29, 1.82) is 0 Å². The van der Waals surface area contributed by atoms with Crippen LogP contribution in [0.1, 0.15) is 23.6 Å². The molecular weight excluding hydrogens is 380 g/mol. The third-order valence-electron chi connectivity index (χ3n) is 3.51. The van der Waals surface area contributed by atoms with E-state index in [1.165, 1.54) is 11.1 Å². The maximum absolute atomic E-state index is 6.27. The fourth-order valence-corrected chi connectivity index (χ4v) is 4.10. The summed E-state index contributed by atoms with van der Waals surface area (Å²) in [5, 5.41) is 5.47. The topological polar surface area (TPSA) is 12.0 Å². The highest BCUT2D eigenvalue weighted by Gasteiger charge is 2.23. The van der Waals surface area contributed by atoms with Gasteiger partial charge in [0.2, 0.25) is 0 Å². The lowest BCUT2D eigenvalue weighted by Gasteiger charge is -2.18. The molecule has 1 nitrogen and oxygen atoms in total. The molecule has 0 aliphatic heterocycles. The fourth-order valence-electron chi connectivity index (χ4n) is 2.59. The first-order valence-corrected chi connectivity index (χ1v) is 8.16. The van der Waals surface area contributed by atoms with Crippen molar-refractivity contribution < 1.29 is 0 Å². The number of aryl methyl sites for hydroxylation is 1. The largest absolute Gasteiger partial charge is 0.376 e. The van der Waals surface area contributed by atoms with Crippen LogP contribution in [0.15, 0.2) is 34.8 Å². The molecule has 20 heavy (non-hydrogen) atoms. The Morgan fingerprint density at radius 1 is 1.05 bits per heavy atom. The van der Waals surface area contributed by atoms with Gasteiger partial charge in [-0.25, -0.2) is 0 Å². The molecule has 1 aliphatic carbocycles. The van der Waals surface area contributed by atoms with Gasteiger partial charge in [0.25, 0.3) is 0 Å². The van der Waals surface area contributed by atoms with E-state index in [9.17, 15) is 0 Å². The molecule has 1 N–H and O–H groups in total. The third-order valence-corrected chi connectivity index (χ3v) is 4.80. The summed E-state index contributed by atoms with van der Waals surface area (Å²) < 4.78 is 0.872. The van der Waals surface area contributed by atoms with Gasteiger partial charge in [-0.05, 0) is 48.2 Å². The third kappa shape index (κ3) is 2.80. The minimum atomic E-state index is 0.221. The number of benzene rings is 2. The van der Waals surface area contributed by atoms with Crippen LogP contribution in [0, 0.1) is 0 Å². The zero-order valence-corrected chi connectivity index (χ0v) is 14.2. The van der Waals surface area contributed by atoms with Gasteiger partial charge in [-0.1, -0.05) is 56.8 Å². The van der Waals surface area contributed by atoms with Gasteiger partial charge in [0, 0.05) is 9.50 Å². The highest BCUT2D eigenvalue weighted by Crippen LogP contribution is 2.40. The van der Waals surface area contributed by atoms with Crippen LogP contribution in [0.4, 0.5) is 5.69 Å². The highest BCUT2D eigenvalue weighted by atomic mass is 79.9. The van der Waals surface area contributed by atoms with Crippen LogP contribution in [0.5, 0.6) is 0 Å². The SMILES string of the molecule is Clc1ccc2c(c1)CCC2Nc1c(Cl)cc(Br)cc1Cl. The van der Waals surface area contributed by atoms with Crippen molar-refractivity contribution in [2.45, 2.75) is 18.9 Å². The van der Waals surface area contributed by atoms with Crippen molar-refractivity contribution in [2.75, 3.05) is 5.32 Å². The number of nitrogens with one attached hydrogen (secondary N) is 1. The van der Waals surface area contributed by atoms with Crippen LogP contribution < -0.4 is 5.32 Å². The normalized spacial score (nSPS) is 17.1. The molecule has 5 heteroatoms. The molecule has 1 unspecified atom stereocenters. The van der Waals surface area contributed by atoms with Crippen molar-refractivity contribution >= 4 is 56.4 Å². The average Bonchev–Trinajstić information content (AvgIpc) is 2.76. The molecule has 1 aliphatic rings. The molecule has 1 atom stereocenters. The van der Waals surface area contributed by atoms with E-state index in [0.717, 1.165) is 28.0 Å². The Balaban J connectivity index is 1.91. The van der Waals surface area contributed by atoms with E-state index in [4.69, 9.17) is 34.8 Å². The van der Waals surface area contributed by atoms with Crippen LogP contribution in [0.2, 0.25) is 15.1 Å². The second-order valence-corrected chi connectivity index (χ2v) is 6.99. The summed E-state index contributed by atoms with van der Waals surface area (Å²) in [5.74, 6) is 0. The Bertz CT molecular complexity index is 649. The molecule has 104 valence electrons. The Morgan fingerprint density at radius 2 is 1.75 bits per heavy atom. The lowest BCUT2D eigenvalue weighted by atomic mass is 10.1. The van der Waals surface area contributed by atoms with E-state index in [2.05, 4.69) is 27.3 Å². The zero-order valence-electron chi connectivity index (χ0n) is 10.4. The molecule has 0 radical (unpaired) electrons. The monoisotopic (exact) mass is 389 g/mol. The molecule has 0 spiro atoms. The second kappa shape index (κ2) is 5.76. The summed E-state index contributed by atoms with van der Waals surface area (Å²) >= 11 is 21.9. The van der Waals surface area contributed by atoms with Gasteiger partial charge in [0.05, 0.1) is 21.8 Å². The maximum atomic E-state index is 6.27. The standard InChI is InChI=1S/C15H11BrCl3N/c16-9-6-12(18)15(13(19)7-9)20-14-4-1-8-5-10(17)2-3-11(8)14/h2-3,5-7,14,20H,1,4H2. The van der Waals surface area contributed by atoms with Gasteiger partial charge in [0.1, 0.15) is 0 Å². The lowest BCUT2D eigenvalue weighted by molar-refractivity contribution is 0.762. The number of anilines is 1. The van der Waals surface area contributed by atoms with Crippen molar-refractivity contribution in [2.24, 2.45) is 0 Å². The molecular formula is C15H11BrCl3N. The van der Waals surface area contributed by atoms with Gasteiger partial charge < -0.3 is 5.32 Å². The summed E-state index contributed by atoms with van der Waals surface area (Å²) in [6.07, 6.45) is 2.03. The van der Waals surface area contributed by atoms with Crippen molar-refractivity contribution in [3.05, 3.63) is 61.0 Å². The molecule has 3 rings (SSSR count). The van der Waals surface area contributed by atoms with Crippen molar-refractivity contribution in [3.63, 3.8) is 0 Å². The molecule has 2 aromatic rings. The minimum absolute atomic E-state index is 0.221. The maximum Gasteiger partial charge on any atom is 0.0724 e. The molecule has 0 heterocycles. The smallest absolute Gasteiger partial charge is 0.0724 e. The van der Waals surface area contributed by atoms with Gasteiger partial charge in [-0.15, -0.1) is 0 Å². The predicted molar refractivity (Wildman–Crippen MR) is 90.3 cm³/mol. The Hall–Kier alpha value is -0.410. The van der Waals surface area contributed by atoms with Gasteiger partial charge in [-0.3, -0.25) is 0 Å². The van der Waals surface area contributed by atoms with Crippen LogP contribution in [-0.2, 0) is 6.42 Å². The number of fused-ring (bicyclic) bond motifs is 1. The first-order valence-electron chi connectivity index (χ1n) is 6.24. The lowest BCUT2D eigenvalue weighted by Crippen LogP contribution is -2.08. The average molecular weight is 392 g/mol. The first kappa shape index (κ1) is 14.5.